The van der Waals surface area contributed by atoms with Crippen molar-refractivity contribution in [1.29, 1.82) is 10.7 Å². The molecule has 20 heteroatoms. The fourth-order valence-electron chi connectivity index (χ4n) is 3.23. The molecule has 1 heterocycles. The van der Waals surface area contributed by atoms with Crippen LogP contribution in [-0.4, -0.2) is 55.3 Å². The number of hydrogen-bond acceptors (Lipinski definition) is 9. The van der Waals surface area contributed by atoms with Crippen LogP contribution in [0.2, 0.25) is 5.02 Å². The van der Waals surface area contributed by atoms with E-state index in [1.54, 1.807) is 25.1 Å². The quantitative estimate of drug-likeness (QED) is 0.0740. The third-order valence-electron chi connectivity index (χ3n) is 5.34. The van der Waals surface area contributed by atoms with E-state index in [1.165, 1.54) is 36.4 Å². The number of carboxylic acid groups (broad SMARTS) is 1. The van der Waals surface area contributed by atoms with Crippen LogP contribution in [0, 0.1) is 23.7 Å². The Bertz CT molecular complexity index is 1790. The monoisotopic (exact) mass is 687 g/mol. The molecule has 2 aromatic carbocycles. The average molecular weight is 688 g/mol. The minimum absolute atomic E-state index is 0.0153. The van der Waals surface area contributed by atoms with Crippen LogP contribution in [0.25, 0.3) is 0 Å². The van der Waals surface area contributed by atoms with Gasteiger partial charge >= 0.3 is 12.1 Å². The van der Waals surface area contributed by atoms with Gasteiger partial charge < -0.3 is 25.5 Å². The van der Waals surface area contributed by atoms with E-state index in [4.69, 9.17) is 42.2 Å². The number of nitriles is 1. The summed E-state index contributed by atoms with van der Waals surface area (Å²) in [6.45, 7) is 1.33. The Morgan fingerprint density at radius 3 is 2.35 bits per heavy atom. The molecule has 15 nitrogen and oxygen atoms in total. The Morgan fingerprint density at radius 2 is 1.78 bits per heavy atom. The number of pyridine rings is 1. The van der Waals surface area contributed by atoms with Crippen molar-refractivity contribution in [2.24, 2.45) is 5.73 Å². The Kier molecular flexibility index (Phi) is 12.9. The molecule has 3 aromatic rings. The molecule has 1 amide bonds. The number of halogens is 4. The molecule has 46 heavy (non-hydrogen) atoms. The summed E-state index contributed by atoms with van der Waals surface area (Å²) in [5.41, 5.74) is 6.80. The maximum absolute atomic E-state index is 13.0. The largest absolute Gasteiger partial charge is 0.490 e. The number of carbonyl (C=O) groups excluding carboxylic acids is 1. The SMILES string of the molecule is Cc1ccc(NS(=O)(=O)c2ccc(Oc3cccc(Cl)c3C#N)cc2)c(=O)n1CC(=O)NCCONC(=N)N.O=C(O)C(F)(F)F. The number of nitrogens with two attached hydrogens (primary N) is 1. The fraction of sp³-hybridized carbons (Fsp3) is 0.192. The van der Waals surface area contributed by atoms with Crippen LogP contribution in [-0.2, 0) is 31.0 Å². The summed E-state index contributed by atoms with van der Waals surface area (Å²) >= 11 is 6.01. The van der Waals surface area contributed by atoms with Gasteiger partial charge in [-0.05, 0) is 55.5 Å². The van der Waals surface area contributed by atoms with Gasteiger partial charge in [-0.3, -0.25) is 24.6 Å². The molecule has 0 aliphatic heterocycles. The Balaban J connectivity index is 0.000000942. The third-order valence-corrected chi connectivity index (χ3v) is 7.03. The molecule has 0 radical (unpaired) electrons. The number of benzene rings is 2. The van der Waals surface area contributed by atoms with Gasteiger partial charge in [0, 0.05) is 12.2 Å². The molecule has 1 aromatic heterocycles. The van der Waals surface area contributed by atoms with Crippen LogP contribution >= 0.6 is 11.6 Å². The third kappa shape index (κ3) is 11.0. The van der Waals surface area contributed by atoms with Gasteiger partial charge in [0.1, 0.15) is 35.4 Å². The Morgan fingerprint density at radius 1 is 1.15 bits per heavy atom. The van der Waals surface area contributed by atoms with Crippen molar-refractivity contribution in [3.05, 3.63) is 81.2 Å². The lowest BCUT2D eigenvalue weighted by atomic mass is 10.2. The number of anilines is 1. The second-order valence-electron chi connectivity index (χ2n) is 8.70. The van der Waals surface area contributed by atoms with Gasteiger partial charge in [-0.25, -0.2) is 18.7 Å². The van der Waals surface area contributed by atoms with Crippen LogP contribution in [0.4, 0.5) is 18.9 Å². The topological polar surface area (TPSA) is 239 Å². The van der Waals surface area contributed by atoms with Crippen LogP contribution in [0.5, 0.6) is 11.5 Å². The van der Waals surface area contributed by atoms with Crippen molar-refractivity contribution in [3.8, 4) is 17.6 Å². The van der Waals surface area contributed by atoms with Gasteiger partial charge in [-0.2, -0.15) is 18.4 Å². The zero-order valence-corrected chi connectivity index (χ0v) is 25.1. The lowest BCUT2D eigenvalue weighted by molar-refractivity contribution is -0.192. The fourth-order valence-corrected chi connectivity index (χ4v) is 4.50. The zero-order valence-electron chi connectivity index (χ0n) is 23.5. The first-order chi connectivity index (χ1) is 21.5. The minimum Gasteiger partial charge on any atom is -0.475 e. The van der Waals surface area contributed by atoms with Crippen molar-refractivity contribution < 1.29 is 45.9 Å². The Hall–Kier alpha value is -5.32. The standard InChI is InChI=1S/C24H24ClN7O6S.C2HF3O2/c1-15-5-10-20(23(34)32(15)14-22(33)29-11-12-37-30-24(27)28)31-39(35,36)17-8-6-16(7-9-17)38-21-4-2-3-19(25)18(21)13-26;3-2(4,5)1(6)7/h2-10,31H,11-12,14H2,1H3,(H,29,33)(H4,27,28,30);(H,6,7). The summed E-state index contributed by atoms with van der Waals surface area (Å²) in [5, 5.41) is 26.1. The predicted molar refractivity (Wildman–Crippen MR) is 157 cm³/mol. The van der Waals surface area contributed by atoms with Gasteiger partial charge in [0.2, 0.25) is 11.9 Å². The van der Waals surface area contributed by atoms with Crippen molar-refractivity contribution in [2.45, 2.75) is 24.5 Å². The molecule has 0 fully saturated rings. The summed E-state index contributed by atoms with van der Waals surface area (Å²) in [6, 6.07) is 14.8. The molecule has 0 saturated carbocycles. The minimum atomic E-state index is -5.08. The highest BCUT2D eigenvalue weighted by molar-refractivity contribution is 7.92. The van der Waals surface area contributed by atoms with E-state index in [2.05, 4.69) is 15.5 Å². The van der Waals surface area contributed by atoms with Crippen LogP contribution < -0.4 is 31.5 Å². The molecule has 0 aliphatic carbocycles. The number of carbonyl (C=O) groups is 2. The highest BCUT2D eigenvalue weighted by atomic mass is 35.5. The summed E-state index contributed by atoms with van der Waals surface area (Å²) in [7, 11) is -4.17. The second-order valence-corrected chi connectivity index (χ2v) is 10.8. The van der Waals surface area contributed by atoms with Crippen molar-refractivity contribution in [2.75, 3.05) is 17.9 Å². The van der Waals surface area contributed by atoms with Crippen molar-refractivity contribution in [1.82, 2.24) is 15.4 Å². The summed E-state index contributed by atoms with van der Waals surface area (Å²) in [5.74, 6) is -3.19. The second kappa shape index (κ2) is 16.1. The van der Waals surface area contributed by atoms with Crippen molar-refractivity contribution in [3.63, 3.8) is 0 Å². The zero-order chi connectivity index (χ0) is 34.7. The number of hydroxylamine groups is 1. The molecule has 246 valence electrons. The first-order valence-corrected chi connectivity index (χ1v) is 14.3. The Labute approximate surface area is 263 Å². The number of aryl methyl sites for hydroxylation is 1. The normalized spacial score (nSPS) is 10.9. The summed E-state index contributed by atoms with van der Waals surface area (Å²) in [4.78, 5) is 38.8. The molecule has 0 aliphatic rings. The van der Waals surface area contributed by atoms with Crippen LogP contribution in [0.3, 0.4) is 0 Å². The number of guanidine groups is 1. The molecule has 7 N–H and O–H groups in total. The van der Waals surface area contributed by atoms with Gasteiger partial charge in [0.05, 0.1) is 16.5 Å². The summed E-state index contributed by atoms with van der Waals surface area (Å²) in [6.07, 6.45) is -5.08. The first-order valence-electron chi connectivity index (χ1n) is 12.4. The molecule has 3 rings (SSSR count). The van der Waals surface area contributed by atoms with E-state index in [0.717, 1.165) is 4.57 Å². The molecule has 0 unspecified atom stereocenters. The van der Waals surface area contributed by atoms with Crippen molar-refractivity contribution >= 4 is 45.1 Å². The van der Waals surface area contributed by atoms with E-state index in [0.29, 0.717) is 5.69 Å². The smallest absolute Gasteiger partial charge is 0.475 e. The van der Waals surface area contributed by atoms with Crippen LogP contribution in [0.15, 0.2) is 64.3 Å². The number of carboxylic acids is 1. The lowest BCUT2D eigenvalue weighted by Crippen LogP contribution is -2.37. The van der Waals surface area contributed by atoms with Gasteiger partial charge in [-0.15, -0.1) is 0 Å². The number of aromatic nitrogens is 1. The number of amides is 1. The van der Waals surface area contributed by atoms with E-state index in [9.17, 15) is 36.4 Å². The number of alkyl halides is 3. The van der Waals surface area contributed by atoms with E-state index < -0.39 is 39.6 Å². The maximum Gasteiger partial charge on any atom is 0.490 e. The number of sulfonamides is 1. The number of rotatable bonds is 11. The number of hydrogen-bond donors (Lipinski definition) is 6. The molecular weight excluding hydrogens is 663 g/mol. The molecular formula is C26H25ClF3N7O8S. The van der Waals surface area contributed by atoms with Gasteiger partial charge in [-0.1, -0.05) is 17.7 Å². The first kappa shape index (κ1) is 36.9. The highest BCUT2D eigenvalue weighted by Gasteiger charge is 2.38. The summed E-state index contributed by atoms with van der Waals surface area (Å²) < 4.78 is 66.7. The van der Waals surface area contributed by atoms with Crippen LogP contribution in [0.1, 0.15) is 11.3 Å². The highest BCUT2D eigenvalue weighted by Crippen LogP contribution is 2.30. The number of ether oxygens (including phenoxy) is 1. The van der Waals surface area contributed by atoms with Gasteiger partial charge in [0.25, 0.3) is 15.6 Å². The number of nitrogens with one attached hydrogen (secondary N) is 4. The van der Waals surface area contributed by atoms with E-state index in [-0.39, 0.29) is 52.4 Å². The molecule has 0 saturated heterocycles. The number of aliphatic carboxylic acids is 1. The maximum atomic E-state index is 13.0. The lowest BCUT2D eigenvalue weighted by Gasteiger charge is -2.14. The van der Waals surface area contributed by atoms with E-state index in [1.807, 2.05) is 6.07 Å². The average Bonchev–Trinajstić information content (AvgIpc) is 2.96. The molecule has 0 spiro atoms. The van der Waals surface area contributed by atoms with E-state index >= 15 is 0 Å². The predicted octanol–water partition coefficient (Wildman–Crippen LogP) is 2.44. The number of nitrogens with zero attached hydrogens (tertiary/aromatic N) is 2. The molecule has 0 bridgehead atoms. The molecule has 0 atom stereocenters. The van der Waals surface area contributed by atoms with Gasteiger partial charge in [0.15, 0.2) is 0 Å².